The molecule has 1 saturated heterocycles. The van der Waals surface area contributed by atoms with Crippen LogP contribution in [0.15, 0.2) is 0 Å². The predicted octanol–water partition coefficient (Wildman–Crippen LogP) is 4.45. The standard InChI is InChI=1S/C19H38N2/c1-5-14-21(15-17-8-7-13-20-17)18-11-9-16(10-12-18)19(3,4)6-2/h16-18,20H,5-15H2,1-4H3. The zero-order valence-electron chi connectivity index (χ0n) is 15.0. The molecule has 21 heavy (non-hydrogen) atoms. The molecule has 0 aromatic rings. The van der Waals surface area contributed by atoms with E-state index in [0.29, 0.717) is 5.41 Å². The summed E-state index contributed by atoms with van der Waals surface area (Å²) in [4.78, 5) is 2.82. The maximum Gasteiger partial charge on any atom is 0.0195 e. The highest BCUT2D eigenvalue weighted by Gasteiger charge is 2.34. The molecule has 1 atom stereocenters. The van der Waals surface area contributed by atoms with E-state index in [4.69, 9.17) is 0 Å². The third-order valence-electron chi connectivity index (χ3n) is 6.36. The number of hydrogen-bond acceptors (Lipinski definition) is 2. The Morgan fingerprint density at radius 2 is 1.76 bits per heavy atom. The predicted molar refractivity (Wildman–Crippen MR) is 92.7 cm³/mol. The molecule has 0 aromatic carbocycles. The average molecular weight is 295 g/mol. The van der Waals surface area contributed by atoms with E-state index < -0.39 is 0 Å². The molecule has 2 fully saturated rings. The summed E-state index contributed by atoms with van der Waals surface area (Å²) in [5.74, 6) is 0.951. The molecule has 1 N–H and O–H groups in total. The lowest BCUT2D eigenvalue weighted by atomic mass is 9.68. The minimum absolute atomic E-state index is 0.549. The van der Waals surface area contributed by atoms with Gasteiger partial charge in [0.1, 0.15) is 0 Å². The van der Waals surface area contributed by atoms with Gasteiger partial charge in [-0.1, -0.05) is 34.1 Å². The highest BCUT2D eigenvalue weighted by atomic mass is 15.2. The first-order valence-corrected chi connectivity index (χ1v) is 9.54. The fourth-order valence-electron chi connectivity index (χ4n) is 4.42. The molecule has 0 amide bonds. The van der Waals surface area contributed by atoms with Crippen LogP contribution < -0.4 is 5.32 Å². The number of nitrogens with zero attached hydrogens (tertiary/aromatic N) is 1. The van der Waals surface area contributed by atoms with Crippen LogP contribution in [0, 0.1) is 11.3 Å². The van der Waals surface area contributed by atoms with Crippen molar-refractivity contribution >= 4 is 0 Å². The number of hydrogen-bond donors (Lipinski definition) is 1. The van der Waals surface area contributed by atoms with E-state index in [9.17, 15) is 0 Å². The highest BCUT2D eigenvalue weighted by Crippen LogP contribution is 2.41. The Balaban J connectivity index is 1.84. The van der Waals surface area contributed by atoms with Crippen molar-refractivity contribution in [2.45, 2.75) is 91.1 Å². The molecule has 0 aromatic heterocycles. The van der Waals surface area contributed by atoms with Gasteiger partial charge in [0.2, 0.25) is 0 Å². The van der Waals surface area contributed by atoms with E-state index in [2.05, 4.69) is 37.9 Å². The first kappa shape index (κ1) is 17.3. The molecule has 2 nitrogen and oxygen atoms in total. The molecular weight excluding hydrogens is 256 g/mol. The van der Waals surface area contributed by atoms with Gasteiger partial charge >= 0.3 is 0 Å². The Morgan fingerprint density at radius 3 is 2.29 bits per heavy atom. The second-order valence-corrected chi connectivity index (χ2v) is 8.14. The highest BCUT2D eigenvalue weighted by molar-refractivity contribution is 4.88. The molecule has 124 valence electrons. The van der Waals surface area contributed by atoms with Crippen molar-refractivity contribution in [2.75, 3.05) is 19.6 Å². The first-order valence-electron chi connectivity index (χ1n) is 9.54. The van der Waals surface area contributed by atoms with Gasteiger partial charge in [-0.2, -0.15) is 0 Å². The minimum Gasteiger partial charge on any atom is -0.313 e. The zero-order chi connectivity index (χ0) is 15.3. The van der Waals surface area contributed by atoms with Crippen molar-refractivity contribution in [3.63, 3.8) is 0 Å². The number of rotatable bonds is 7. The summed E-state index contributed by atoms with van der Waals surface area (Å²) in [5.41, 5.74) is 0.549. The summed E-state index contributed by atoms with van der Waals surface area (Å²) in [6.45, 7) is 13.5. The van der Waals surface area contributed by atoms with Gasteiger partial charge < -0.3 is 5.32 Å². The first-order chi connectivity index (χ1) is 10.1. The van der Waals surface area contributed by atoms with Gasteiger partial charge in [-0.05, 0) is 69.4 Å². The van der Waals surface area contributed by atoms with E-state index in [1.54, 1.807) is 0 Å². The topological polar surface area (TPSA) is 15.3 Å². The SMILES string of the molecule is CCCN(CC1CCCN1)C1CCC(C(C)(C)CC)CC1. The van der Waals surface area contributed by atoms with Crippen molar-refractivity contribution in [1.29, 1.82) is 0 Å². The smallest absolute Gasteiger partial charge is 0.0195 e. The van der Waals surface area contributed by atoms with Crippen LogP contribution in [0.5, 0.6) is 0 Å². The molecule has 0 spiro atoms. The van der Waals surface area contributed by atoms with Crippen LogP contribution in [0.4, 0.5) is 0 Å². The van der Waals surface area contributed by atoms with E-state index in [-0.39, 0.29) is 0 Å². The Labute approximate surface area is 133 Å². The van der Waals surface area contributed by atoms with Gasteiger partial charge in [-0.3, -0.25) is 4.90 Å². The Hall–Kier alpha value is -0.0800. The molecule has 1 aliphatic heterocycles. The van der Waals surface area contributed by atoms with Gasteiger partial charge in [0, 0.05) is 18.6 Å². The molecule has 1 saturated carbocycles. The van der Waals surface area contributed by atoms with Crippen molar-refractivity contribution in [3.8, 4) is 0 Å². The fourth-order valence-corrected chi connectivity index (χ4v) is 4.42. The van der Waals surface area contributed by atoms with Crippen molar-refractivity contribution in [3.05, 3.63) is 0 Å². The summed E-state index contributed by atoms with van der Waals surface area (Å²) in [5, 5.41) is 3.69. The lowest BCUT2D eigenvalue weighted by Crippen LogP contribution is -2.46. The average Bonchev–Trinajstić information content (AvgIpc) is 3.00. The van der Waals surface area contributed by atoms with Crippen LogP contribution in [0.1, 0.15) is 79.1 Å². The van der Waals surface area contributed by atoms with Crippen LogP contribution in [0.3, 0.4) is 0 Å². The lowest BCUT2D eigenvalue weighted by molar-refractivity contribution is 0.0805. The summed E-state index contributed by atoms with van der Waals surface area (Å²) < 4.78 is 0. The molecule has 2 rings (SSSR count). The largest absolute Gasteiger partial charge is 0.313 e. The maximum atomic E-state index is 3.69. The van der Waals surface area contributed by atoms with Gasteiger partial charge in [0.25, 0.3) is 0 Å². The van der Waals surface area contributed by atoms with Crippen molar-refractivity contribution < 1.29 is 0 Å². The zero-order valence-corrected chi connectivity index (χ0v) is 15.0. The molecule has 0 bridgehead atoms. The number of nitrogens with one attached hydrogen (secondary N) is 1. The third-order valence-corrected chi connectivity index (χ3v) is 6.36. The van der Waals surface area contributed by atoms with E-state index >= 15 is 0 Å². The van der Waals surface area contributed by atoms with Crippen molar-refractivity contribution in [1.82, 2.24) is 10.2 Å². The monoisotopic (exact) mass is 294 g/mol. The van der Waals surface area contributed by atoms with Crippen LogP contribution >= 0.6 is 0 Å². The summed E-state index contributed by atoms with van der Waals surface area (Å²) >= 11 is 0. The maximum absolute atomic E-state index is 3.69. The second-order valence-electron chi connectivity index (χ2n) is 8.14. The molecular formula is C19H38N2. The molecule has 1 heterocycles. The van der Waals surface area contributed by atoms with E-state index in [1.165, 1.54) is 71.0 Å². The molecule has 1 unspecified atom stereocenters. The van der Waals surface area contributed by atoms with Gasteiger partial charge in [0.15, 0.2) is 0 Å². The Bertz CT molecular complexity index is 286. The lowest BCUT2D eigenvalue weighted by Gasteiger charge is -2.43. The fraction of sp³-hybridized carbons (Fsp3) is 1.00. The second kappa shape index (κ2) is 7.97. The van der Waals surface area contributed by atoms with Gasteiger partial charge in [0.05, 0.1) is 0 Å². The third kappa shape index (κ3) is 4.69. The summed E-state index contributed by atoms with van der Waals surface area (Å²) in [6, 6.07) is 1.62. The molecule has 1 aliphatic carbocycles. The van der Waals surface area contributed by atoms with Gasteiger partial charge in [-0.15, -0.1) is 0 Å². The Kier molecular flexibility index (Phi) is 6.55. The summed E-state index contributed by atoms with van der Waals surface area (Å²) in [6.07, 6.45) is 11.1. The van der Waals surface area contributed by atoms with Crippen LogP contribution in [-0.2, 0) is 0 Å². The summed E-state index contributed by atoms with van der Waals surface area (Å²) in [7, 11) is 0. The van der Waals surface area contributed by atoms with Crippen LogP contribution in [0.2, 0.25) is 0 Å². The molecule has 2 aliphatic rings. The minimum atomic E-state index is 0.549. The van der Waals surface area contributed by atoms with E-state index in [0.717, 1.165) is 18.0 Å². The van der Waals surface area contributed by atoms with Crippen molar-refractivity contribution in [2.24, 2.45) is 11.3 Å². The normalized spacial score (nSPS) is 31.0. The Morgan fingerprint density at radius 1 is 1.05 bits per heavy atom. The van der Waals surface area contributed by atoms with Crippen LogP contribution in [-0.4, -0.2) is 36.6 Å². The molecule has 0 radical (unpaired) electrons. The molecule has 2 heteroatoms. The quantitative estimate of drug-likeness (QED) is 0.746. The van der Waals surface area contributed by atoms with Gasteiger partial charge in [-0.25, -0.2) is 0 Å². The van der Waals surface area contributed by atoms with Crippen LogP contribution in [0.25, 0.3) is 0 Å². The van der Waals surface area contributed by atoms with E-state index in [1.807, 2.05) is 0 Å².